The first-order chi connectivity index (χ1) is 5.74. The van der Waals surface area contributed by atoms with Crippen LogP contribution in [0.4, 0.5) is 0 Å². The second-order valence-electron chi connectivity index (χ2n) is 2.39. The Labute approximate surface area is 77.4 Å². The molecule has 0 spiro atoms. The lowest BCUT2D eigenvalue weighted by Gasteiger charge is -2.17. The summed E-state index contributed by atoms with van der Waals surface area (Å²) in [5.41, 5.74) is 0. The molecule has 0 amide bonds. The Kier molecular flexibility index (Phi) is 12.0. The molecule has 0 aliphatic rings. The standard InChI is InChI=1S/C8H18N2.C2H6/c1-5-8(6-2)10-7(3)9-4;1-2/h8-10H,3,5-6H2,1-2,4H3;1-2H3. The van der Waals surface area contributed by atoms with E-state index < -0.39 is 0 Å². The van der Waals surface area contributed by atoms with Crippen molar-refractivity contribution in [3.05, 3.63) is 12.4 Å². The second-order valence-corrected chi connectivity index (χ2v) is 2.39. The maximum Gasteiger partial charge on any atom is 0.0911 e. The molecule has 0 aromatic heterocycles. The van der Waals surface area contributed by atoms with Gasteiger partial charge in [-0.1, -0.05) is 34.3 Å². The van der Waals surface area contributed by atoms with Crippen molar-refractivity contribution in [1.82, 2.24) is 10.6 Å². The topological polar surface area (TPSA) is 24.1 Å². The van der Waals surface area contributed by atoms with E-state index in [2.05, 4.69) is 31.1 Å². The maximum atomic E-state index is 3.79. The first-order valence-corrected chi connectivity index (χ1v) is 4.87. The third-order valence-electron chi connectivity index (χ3n) is 1.67. The van der Waals surface area contributed by atoms with Gasteiger partial charge in [0.25, 0.3) is 0 Å². The quantitative estimate of drug-likeness (QED) is 0.665. The molecule has 12 heavy (non-hydrogen) atoms. The summed E-state index contributed by atoms with van der Waals surface area (Å²) in [5.74, 6) is 0.911. The fraction of sp³-hybridized carbons (Fsp3) is 0.800. The Morgan fingerprint density at radius 3 is 1.92 bits per heavy atom. The van der Waals surface area contributed by atoms with E-state index in [0.717, 1.165) is 18.7 Å². The van der Waals surface area contributed by atoms with Gasteiger partial charge in [0.15, 0.2) is 0 Å². The van der Waals surface area contributed by atoms with E-state index >= 15 is 0 Å². The van der Waals surface area contributed by atoms with Gasteiger partial charge in [0.05, 0.1) is 5.82 Å². The molecular formula is C10H24N2. The van der Waals surface area contributed by atoms with E-state index in [1.165, 1.54) is 0 Å². The molecule has 0 atom stereocenters. The SMILES string of the molecule is C=C(NC)NC(CC)CC.CC. The molecule has 0 unspecified atom stereocenters. The van der Waals surface area contributed by atoms with Crippen LogP contribution in [-0.2, 0) is 0 Å². The van der Waals surface area contributed by atoms with Gasteiger partial charge in [-0.05, 0) is 12.8 Å². The molecule has 2 N–H and O–H groups in total. The predicted octanol–water partition coefficient (Wildman–Crippen LogP) is 2.48. The van der Waals surface area contributed by atoms with Crippen LogP contribution in [0.15, 0.2) is 12.4 Å². The van der Waals surface area contributed by atoms with Crippen LogP contribution >= 0.6 is 0 Å². The number of hydrogen-bond acceptors (Lipinski definition) is 2. The summed E-state index contributed by atoms with van der Waals surface area (Å²) in [7, 11) is 1.87. The van der Waals surface area contributed by atoms with Gasteiger partial charge in [-0.3, -0.25) is 0 Å². The first kappa shape index (κ1) is 13.9. The van der Waals surface area contributed by atoms with Crippen molar-refractivity contribution in [2.75, 3.05) is 7.05 Å². The molecule has 0 saturated heterocycles. The van der Waals surface area contributed by atoms with Gasteiger partial charge in [0, 0.05) is 13.1 Å². The molecule has 2 heteroatoms. The van der Waals surface area contributed by atoms with Crippen LogP contribution in [-0.4, -0.2) is 13.1 Å². The second kappa shape index (κ2) is 10.3. The largest absolute Gasteiger partial charge is 0.375 e. The zero-order chi connectivity index (χ0) is 9.98. The fourth-order valence-electron chi connectivity index (χ4n) is 0.811. The monoisotopic (exact) mass is 172 g/mol. The molecule has 74 valence electrons. The van der Waals surface area contributed by atoms with Gasteiger partial charge in [0.1, 0.15) is 0 Å². The molecule has 0 aromatic rings. The lowest BCUT2D eigenvalue weighted by molar-refractivity contribution is 0.518. The van der Waals surface area contributed by atoms with Crippen molar-refractivity contribution in [1.29, 1.82) is 0 Å². The minimum atomic E-state index is 0.569. The molecule has 0 radical (unpaired) electrons. The molecular weight excluding hydrogens is 148 g/mol. The van der Waals surface area contributed by atoms with Crippen LogP contribution < -0.4 is 10.6 Å². The summed E-state index contributed by atoms with van der Waals surface area (Å²) in [6, 6.07) is 0.569. The maximum absolute atomic E-state index is 3.79. The third-order valence-corrected chi connectivity index (χ3v) is 1.67. The summed E-state index contributed by atoms with van der Waals surface area (Å²) < 4.78 is 0. The number of rotatable bonds is 5. The average Bonchev–Trinajstić information content (AvgIpc) is 2.16. The summed E-state index contributed by atoms with van der Waals surface area (Å²) in [6.07, 6.45) is 2.30. The lowest BCUT2D eigenvalue weighted by atomic mass is 10.2. The zero-order valence-electron chi connectivity index (χ0n) is 9.20. The van der Waals surface area contributed by atoms with E-state index in [-0.39, 0.29) is 0 Å². The molecule has 2 nitrogen and oxygen atoms in total. The Balaban J connectivity index is 0. The number of hydrogen-bond donors (Lipinski definition) is 2. The van der Waals surface area contributed by atoms with Crippen molar-refractivity contribution in [3.63, 3.8) is 0 Å². The highest BCUT2D eigenvalue weighted by Gasteiger charge is 2.00. The highest BCUT2D eigenvalue weighted by atomic mass is 15.1. The first-order valence-electron chi connectivity index (χ1n) is 4.87. The van der Waals surface area contributed by atoms with E-state index in [1.54, 1.807) is 0 Å². The van der Waals surface area contributed by atoms with Gasteiger partial charge >= 0.3 is 0 Å². The van der Waals surface area contributed by atoms with Crippen LogP contribution in [0.1, 0.15) is 40.5 Å². The predicted molar refractivity (Wildman–Crippen MR) is 57.1 cm³/mol. The summed E-state index contributed by atoms with van der Waals surface area (Å²) in [6.45, 7) is 12.1. The normalized spacial score (nSPS) is 8.50. The Hall–Kier alpha value is -0.660. The van der Waals surface area contributed by atoms with Gasteiger partial charge in [0.2, 0.25) is 0 Å². The van der Waals surface area contributed by atoms with Gasteiger partial charge in [-0.2, -0.15) is 0 Å². The van der Waals surface area contributed by atoms with Crippen molar-refractivity contribution in [2.24, 2.45) is 0 Å². The van der Waals surface area contributed by atoms with E-state index in [4.69, 9.17) is 0 Å². The molecule has 0 heterocycles. The smallest absolute Gasteiger partial charge is 0.0911 e. The molecule has 0 bridgehead atoms. The molecule has 0 fully saturated rings. The van der Waals surface area contributed by atoms with E-state index in [0.29, 0.717) is 6.04 Å². The summed E-state index contributed by atoms with van der Waals surface area (Å²) in [5, 5.41) is 6.22. The van der Waals surface area contributed by atoms with Gasteiger partial charge < -0.3 is 10.6 Å². The van der Waals surface area contributed by atoms with E-state index in [1.807, 2.05) is 20.9 Å². The molecule has 0 saturated carbocycles. The lowest BCUT2D eigenvalue weighted by Crippen LogP contribution is -2.31. The van der Waals surface area contributed by atoms with Crippen LogP contribution in [0.3, 0.4) is 0 Å². The van der Waals surface area contributed by atoms with Crippen molar-refractivity contribution in [3.8, 4) is 0 Å². The molecule has 0 aliphatic heterocycles. The Morgan fingerprint density at radius 2 is 1.67 bits per heavy atom. The summed E-state index contributed by atoms with van der Waals surface area (Å²) in [4.78, 5) is 0. The Morgan fingerprint density at radius 1 is 1.25 bits per heavy atom. The van der Waals surface area contributed by atoms with Crippen LogP contribution in [0, 0.1) is 0 Å². The number of nitrogens with one attached hydrogen (secondary N) is 2. The van der Waals surface area contributed by atoms with Crippen LogP contribution in [0.2, 0.25) is 0 Å². The summed E-state index contributed by atoms with van der Waals surface area (Å²) >= 11 is 0. The third kappa shape index (κ3) is 7.45. The average molecular weight is 172 g/mol. The highest BCUT2D eigenvalue weighted by Crippen LogP contribution is 1.96. The zero-order valence-corrected chi connectivity index (χ0v) is 9.20. The van der Waals surface area contributed by atoms with Crippen molar-refractivity contribution >= 4 is 0 Å². The minimum Gasteiger partial charge on any atom is -0.375 e. The Bertz CT molecular complexity index is 96.0. The van der Waals surface area contributed by atoms with Gasteiger partial charge in [-0.25, -0.2) is 0 Å². The fourth-order valence-corrected chi connectivity index (χ4v) is 0.811. The van der Waals surface area contributed by atoms with Crippen LogP contribution in [0.5, 0.6) is 0 Å². The van der Waals surface area contributed by atoms with Crippen molar-refractivity contribution < 1.29 is 0 Å². The molecule has 0 aromatic carbocycles. The van der Waals surface area contributed by atoms with Gasteiger partial charge in [-0.15, -0.1) is 0 Å². The highest BCUT2D eigenvalue weighted by molar-refractivity contribution is 4.88. The van der Waals surface area contributed by atoms with Crippen LogP contribution in [0.25, 0.3) is 0 Å². The van der Waals surface area contributed by atoms with Crippen molar-refractivity contribution in [2.45, 2.75) is 46.6 Å². The minimum absolute atomic E-state index is 0.569. The molecule has 0 aliphatic carbocycles. The van der Waals surface area contributed by atoms with E-state index in [9.17, 15) is 0 Å². The molecule has 0 rings (SSSR count).